The van der Waals surface area contributed by atoms with Crippen LogP contribution in [0.4, 0.5) is 0 Å². The van der Waals surface area contributed by atoms with E-state index in [1.165, 1.54) is 11.3 Å². The fraction of sp³-hybridized carbons (Fsp3) is 0.615. The minimum absolute atomic E-state index is 0.0347. The summed E-state index contributed by atoms with van der Waals surface area (Å²) >= 11 is 9.45. The smallest absolute Gasteiger partial charge is 0.177 e. The molecule has 1 aromatic rings. The summed E-state index contributed by atoms with van der Waals surface area (Å²) in [4.78, 5) is 13.2. The molecule has 0 saturated carbocycles. The van der Waals surface area contributed by atoms with Gasteiger partial charge in [0, 0.05) is 18.3 Å². The van der Waals surface area contributed by atoms with Gasteiger partial charge in [0.15, 0.2) is 5.78 Å². The van der Waals surface area contributed by atoms with Gasteiger partial charge >= 0.3 is 0 Å². The number of hydrogen-bond acceptors (Lipinski definition) is 4. The first-order valence-electron chi connectivity index (χ1n) is 6.19. The van der Waals surface area contributed by atoms with Gasteiger partial charge in [-0.25, -0.2) is 0 Å². The topological polar surface area (TPSA) is 26.3 Å². The standard InChI is InChI=1S/C13H15ClO2S2/c14-10-2-5-18-12(10)11(15)9-1-4-16-13(7-9)3-6-17-8-13/h2,5,9H,1,3-4,6-8H2. The van der Waals surface area contributed by atoms with Crippen LogP contribution in [0.3, 0.4) is 0 Å². The Labute approximate surface area is 120 Å². The summed E-state index contributed by atoms with van der Waals surface area (Å²) in [5, 5.41) is 2.49. The second-order valence-electron chi connectivity index (χ2n) is 4.99. The Morgan fingerprint density at radius 3 is 3.11 bits per heavy atom. The van der Waals surface area contributed by atoms with Crippen LogP contribution in [0.2, 0.25) is 5.02 Å². The van der Waals surface area contributed by atoms with Crippen molar-refractivity contribution < 1.29 is 9.53 Å². The molecule has 2 saturated heterocycles. The molecule has 1 aromatic heterocycles. The van der Waals surface area contributed by atoms with Crippen molar-refractivity contribution in [2.45, 2.75) is 24.9 Å². The Hall–Kier alpha value is -0.0300. The lowest BCUT2D eigenvalue weighted by molar-refractivity contribution is -0.0734. The van der Waals surface area contributed by atoms with Gasteiger partial charge in [-0.3, -0.25) is 4.79 Å². The largest absolute Gasteiger partial charge is 0.374 e. The molecule has 3 rings (SSSR count). The number of halogens is 1. The molecule has 2 aliphatic heterocycles. The first kappa shape index (κ1) is 13.0. The lowest BCUT2D eigenvalue weighted by Crippen LogP contribution is -2.42. The van der Waals surface area contributed by atoms with Gasteiger partial charge < -0.3 is 4.74 Å². The highest BCUT2D eigenvalue weighted by atomic mass is 35.5. The van der Waals surface area contributed by atoms with Crippen molar-refractivity contribution in [3.8, 4) is 0 Å². The second-order valence-corrected chi connectivity index (χ2v) is 7.41. The highest BCUT2D eigenvalue weighted by Gasteiger charge is 2.42. The van der Waals surface area contributed by atoms with E-state index in [-0.39, 0.29) is 17.3 Å². The Kier molecular flexibility index (Phi) is 3.72. The van der Waals surface area contributed by atoms with E-state index in [0.717, 1.165) is 35.6 Å². The SMILES string of the molecule is O=C(c1sccc1Cl)C1CCOC2(CCSC2)C1. The molecule has 2 aliphatic rings. The number of thiophene rings is 1. The predicted octanol–water partition coefficient (Wildman–Crippen LogP) is 3.89. The first-order valence-corrected chi connectivity index (χ1v) is 8.60. The van der Waals surface area contributed by atoms with E-state index in [2.05, 4.69) is 0 Å². The lowest BCUT2D eigenvalue weighted by atomic mass is 9.82. The van der Waals surface area contributed by atoms with Gasteiger partial charge in [0.2, 0.25) is 0 Å². The molecule has 0 aromatic carbocycles. The van der Waals surface area contributed by atoms with E-state index in [4.69, 9.17) is 16.3 Å². The molecule has 2 fully saturated rings. The van der Waals surface area contributed by atoms with Gasteiger partial charge in [0.1, 0.15) is 0 Å². The molecule has 18 heavy (non-hydrogen) atoms. The van der Waals surface area contributed by atoms with Gasteiger partial charge in [-0.1, -0.05) is 11.6 Å². The minimum Gasteiger partial charge on any atom is -0.374 e. The number of carbonyl (C=O) groups is 1. The number of hydrogen-bond donors (Lipinski definition) is 0. The second kappa shape index (κ2) is 5.16. The van der Waals surface area contributed by atoms with Crippen molar-refractivity contribution in [3.05, 3.63) is 21.3 Å². The summed E-state index contributed by atoms with van der Waals surface area (Å²) in [6, 6.07) is 1.81. The predicted molar refractivity (Wildman–Crippen MR) is 77.0 cm³/mol. The molecule has 5 heteroatoms. The fourth-order valence-corrected chi connectivity index (χ4v) is 5.32. The zero-order chi connectivity index (χ0) is 12.6. The van der Waals surface area contributed by atoms with Crippen LogP contribution in [0, 0.1) is 5.92 Å². The molecule has 2 atom stereocenters. The van der Waals surface area contributed by atoms with Crippen LogP contribution in [0.5, 0.6) is 0 Å². The summed E-state index contributed by atoms with van der Waals surface area (Å²) in [7, 11) is 0. The van der Waals surface area contributed by atoms with E-state index in [1.807, 2.05) is 17.1 Å². The quantitative estimate of drug-likeness (QED) is 0.775. The van der Waals surface area contributed by atoms with E-state index >= 15 is 0 Å². The molecule has 0 radical (unpaired) electrons. The van der Waals surface area contributed by atoms with Crippen LogP contribution in [0.15, 0.2) is 11.4 Å². The highest BCUT2D eigenvalue weighted by molar-refractivity contribution is 7.99. The summed E-state index contributed by atoms with van der Waals surface area (Å²) < 4.78 is 5.95. The molecular formula is C13H15ClO2S2. The molecular weight excluding hydrogens is 288 g/mol. The Morgan fingerprint density at radius 1 is 1.56 bits per heavy atom. The summed E-state index contributed by atoms with van der Waals surface area (Å²) in [5.41, 5.74) is -0.0347. The Morgan fingerprint density at radius 2 is 2.44 bits per heavy atom. The van der Waals surface area contributed by atoms with Crippen LogP contribution < -0.4 is 0 Å². The third-order valence-corrected chi connectivity index (χ3v) is 6.35. The fourth-order valence-electron chi connectivity index (χ4n) is 2.77. The van der Waals surface area contributed by atoms with Crippen LogP contribution >= 0.6 is 34.7 Å². The number of ether oxygens (including phenoxy) is 1. The number of thioether (sulfide) groups is 1. The average molecular weight is 303 g/mol. The highest BCUT2D eigenvalue weighted by Crippen LogP contribution is 2.42. The normalized spacial score (nSPS) is 31.9. The number of carbonyl (C=O) groups excluding carboxylic acids is 1. The molecule has 0 aliphatic carbocycles. The van der Waals surface area contributed by atoms with Crippen molar-refractivity contribution in [2.24, 2.45) is 5.92 Å². The van der Waals surface area contributed by atoms with Crippen molar-refractivity contribution in [1.82, 2.24) is 0 Å². The molecule has 0 N–H and O–H groups in total. The Balaban J connectivity index is 1.76. The van der Waals surface area contributed by atoms with Crippen molar-refractivity contribution in [3.63, 3.8) is 0 Å². The van der Waals surface area contributed by atoms with Crippen LogP contribution in [0.25, 0.3) is 0 Å². The third-order valence-electron chi connectivity index (χ3n) is 3.77. The van der Waals surface area contributed by atoms with Gasteiger partial charge in [0.25, 0.3) is 0 Å². The first-order chi connectivity index (χ1) is 8.70. The molecule has 98 valence electrons. The molecule has 2 unspecified atom stereocenters. The summed E-state index contributed by atoms with van der Waals surface area (Å²) in [6.45, 7) is 0.708. The van der Waals surface area contributed by atoms with E-state index < -0.39 is 0 Å². The molecule has 0 amide bonds. The van der Waals surface area contributed by atoms with Crippen molar-refractivity contribution in [1.29, 1.82) is 0 Å². The van der Waals surface area contributed by atoms with Crippen LogP contribution in [0.1, 0.15) is 28.9 Å². The molecule has 1 spiro atoms. The zero-order valence-electron chi connectivity index (χ0n) is 9.99. The van der Waals surface area contributed by atoms with Crippen molar-refractivity contribution in [2.75, 3.05) is 18.1 Å². The average Bonchev–Trinajstić information content (AvgIpc) is 2.98. The van der Waals surface area contributed by atoms with Gasteiger partial charge in [-0.2, -0.15) is 11.8 Å². The van der Waals surface area contributed by atoms with E-state index in [1.54, 1.807) is 6.07 Å². The monoisotopic (exact) mass is 302 g/mol. The van der Waals surface area contributed by atoms with E-state index in [0.29, 0.717) is 11.6 Å². The van der Waals surface area contributed by atoms with Gasteiger partial charge in [-0.15, -0.1) is 11.3 Å². The maximum atomic E-state index is 12.5. The molecule has 3 heterocycles. The van der Waals surface area contributed by atoms with Crippen molar-refractivity contribution >= 4 is 40.5 Å². The number of rotatable bonds is 2. The maximum absolute atomic E-state index is 12.5. The maximum Gasteiger partial charge on any atom is 0.177 e. The summed E-state index contributed by atoms with van der Waals surface area (Å²) in [6.07, 6.45) is 2.78. The molecule has 0 bridgehead atoms. The van der Waals surface area contributed by atoms with Crippen LogP contribution in [-0.2, 0) is 4.74 Å². The number of ketones is 1. The van der Waals surface area contributed by atoms with Gasteiger partial charge in [0.05, 0.1) is 15.5 Å². The number of Topliss-reactive ketones (excluding diaryl/α,β-unsaturated/α-hetero) is 1. The summed E-state index contributed by atoms with van der Waals surface area (Å²) in [5.74, 6) is 2.50. The van der Waals surface area contributed by atoms with Gasteiger partial charge in [-0.05, 0) is 36.5 Å². The Bertz CT molecular complexity index is 452. The molecule has 2 nitrogen and oxygen atoms in total. The minimum atomic E-state index is -0.0347. The zero-order valence-corrected chi connectivity index (χ0v) is 12.4. The third kappa shape index (κ3) is 2.36. The van der Waals surface area contributed by atoms with E-state index in [9.17, 15) is 4.79 Å². The lowest BCUT2D eigenvalue weighted by Gasteiger charge is -2.37. The van der Waals surface area contributed by atoms with Crippen LogP contribution in [-0.4, -0.2) is 29.5 Å².